The molecule has 0 N–H and O–H groups in total. The summed E-state index contributed by atoms with van der Waals surface area (Å²) in [6.45, 7) is 5.07. The zero-order valence-corrected chi connectivity index (χ0v) is 18.3. The number of nitrogens with zero attached hydrogens (tertiary/aromatic N) is 3. The minimum Gasteiger partial charge on any atom is -0.312 e. The van der Waals surface area contributed by atoms with Crippen molar-refractivity contribution in [3.63, 3.8) is 0 Å². The van der Waals surface area contributed by atoms with E-state index in [2.05, 4.69) is 6.07 Å². The predicted octanol–water partition coefficient (Wildman–Crippen LogP) is 4.45. The van der Waals surface area contributed by atoms with Crippen molar-refractivity contribution in [3.05, 3.63) is 106 Å². The van der Waals surface area contributed by atoms with Crippen LogP contribution < -0.4 is 10.5 Å². The molecule has 1 amide bonds. The Kier molecular flexibility index (Phi) is 5.10. The van der Waals surface area contributed by atoms with Gasteiger partial charge < -0.3 is 4.90 Å². The quantitative estimate of drug-likeness (QED) is 0.477. The zero-order valence-electron chi connectivity index (χ0n) is 18.3. The molecule has 0 radical (unpaired) electrons. The molecule has 0 bridgehead atoms. The summed E-state index contributed by atoms with van der Waals surface area (Å²) in [4.78, 5) is 33.5. The Morgan fingerprint density at radius 3 is 2.47 bits per heavy atom. The van der Waals surface area contributed by atoms with Gasteiger partial charge in [0.05, 0.1) is 23.4 Å². The van der Waals surface area contributed by atoms with Crippen LogP contribution in [-0.4, -0.2) is 22.0 Å². The van der Waals surface area contributed by atoms with Crippen LogP contribution in [0.3, 0.4) is 0 Å². The number of hydrogen-bond donors (Lipinski definition) is 0. The first-order valence-electron chi connectivity index (χ1n) is 11.0. The summed E-state index contributed by atoms with van der Waals surface area (Å²) in [5, 5.41) is 0.594. The van der Waals surface area contributed by atoms with Crippen molar-refractivity contribution < 1.29 is 4.79 Å². The smallest absolute Gasteiger partial charge is 0.261 e. The van der Waals surface area contributed by atoms with Gasteiger partial charge in [0.25, 0.3) is 5.56 Å². The molecule has 3 aromatic carbocycles. The molecule has 1 aliphatic heterocycles. The highest BCUT2D eigenvalue weighted by atomic mass is 16.2. The monoisotopic (exact) mass is 423 g/mol. The number of hydrogen-bond acceptors (Lipinski definition) is 3. The molecular formula is C27H25N3O2. The number of aryl methyl sites for hydroxylation is 1. The van der Waals surface area contributed by atoms with Crippen LogP contribution in [0.4, 0.5) is 5.69 Å². The highest BCUT2D eigenvalue weighted by Gasteiger charge is 2.37. The minimum absolute atomic E-state index is 0.0711. The van der Waals surface area contributed by atoms with Gasteiger partial charge in [-0.25, -0.2) is 4.98 Å². The lowest BCUT2D eigenvalue weighted by Gasteiger charge is -2.17. The fourth-order valence-electron chi connectivity index (χ4n) is 4.64. The van der Waals surface area contributed by atoms with E-state index in [4.69, 9.17) is 4.98 Å². The van der Waals surface area contributed by atoms with Crippen LogP contribution in [0, 0.1) is 6.92 Å². The molecule has 0 fully saturated rings. The van der Waals surface area contributed by atoms with Gasteiger partial charge in [-0.3, -0.25) is 14.2 Å². The Morgan fingerprint density at radius 1 is 0.938 bits per heavy atom. The molecule has 0 spiro atoms. The van der Waals surface area contributed by atoms with Crippen LogP contribution >= 0.6 is 0 Å². The number of para-hydroxylation sites is 1. The second-order valence-electron chi connectivity index (χ2n) is 8.32. The normalized spacial score (nSPS) is 15.4. The molecule has 2 heterocycles. The van der Waals surface area contributed by atoms with Gasteiger partial charge in [0.1, 0.15) is 5.82 Å². The third kappa shape index (κ3) is 3.40. The van der Waals surface area contributed by atoms with Crippen molar-refractivity contribution in [2.45, 2.75) is 32.7 Å². The number of carbonyl (C=O) groups excluding carboxylic acids is 1. The summed E-state index contributed by atoms with van der Waals surface area (Å²) >= 11 is 0. The van der Waals surface area contributed by atoms with E-state index >= 15 is 0 Å². The van der Waals surface area contributed by atoms with Crippen molar-refractivity contribution in [3.8, 4) is 0 Å². The number of carbonyl (C=O) groups is 1. The van der Waals surface area contributed by atoms with Gasteiger partial charge in [-0.2, -0.15) is 0 Å². The van der Waals surface area contributed by atoms with Crippen LogP contribution in [0.5, 0.6) is 0 Å². The van der Waals surface area contributed by atoms with Crippen LogP contribution in [-0.2, 0) is 17.8 Å². The Morgan fingerprint density at radius 2 is 1.69 bits per heavy atom. The van der Waals surface area contributed by atoms with Crippen molar-refractivity contribution >= 4 is 22.5 Å². The Balaban J connectivity index is 1.64. The van der Waals surface area contributed by atoms with Gasteiger partial charge in [-0.1, -0.05) is 60.2 Å². The largest absolute Gasteiger partial charge is 0.312 e. The highest BCUT2D eigenvalue weighted by Crippen LogP contribution is 2.39. The Labute approximate surface area is 187 Å². The third-order valence-electron chi connectivity index (χ3n) is 6.24. The van der Waals surface area contributed by atoms with Crippen LogP contribution in [0.15, 0.2) is 77.6 Å². The average molecular weight is 424 g/mol. The summed E-state index contributed by atoms with van der Waals surface area (Å²) in [5.41, 5.74) is 4.72. The fraction of sp³-hybridized carbons (Fsp3) is 0.222. The molecule has 32 heavy (non-hydrogen) atoms. The number of aromatic nitrogens is 2. The lowest BCUT2D eigenvalue weighted by atomic mass is 9.95. The van der Waals surface area contributed by atoms with E-state index in [1.54, 1.807) is 4.57 Å². The summed E-state index contributed by atoms with van der Waals surface area (Å²) < 4.78 is 1.73. The van der Waals surface area contributed by atoms with Crippen LogP contribution in [0.2, 0.25) is 0 Å². The molecule has 160 valence electrons. The van der Waals surface area contributed by atoms with Gasteiger partial charge in [0, 0.05) is 18.7 Å². The molecule has 0 saturated carbocycles. The van der Waals surface area contributed by atoms with Crippen molar-refractivity contribution in [1.82, 2.24) is 9.55 Å². The van der Waals surface area contributed by atoms with Gasteiger partial charge in [0.2, 0.25) is 5.91 Å². The first-order chi connectivity index (χ1) is 15.6. The molecule has 1 aromatic heterocycles. The first-order valence-corrected chi connectivity index (χ1v) is 11.0. The van der Waals surface area contributed by atoms with E-state index in [1.807, 2.05) is 85.5 Å². The van der Waals surface area contributed by atoms with Gasteiger partial charge in [0.15, 0.2) is 0 Å². The van der Waals surface area contributed by atoms with Crippen LogP contribution in [0.25, 0.3) is 10.9 Å². The third-order valence-corrected chi connectivity index (χ3v) is 6.24. The van der Waals surface area contributed by atoms with E-state index in [1.165, 1.54) is 0 Å². The van der Waals surface area contributed by atoms with Crippen molar-refractivity contribution in [2.75, 3.05) is 11.4 Å². The zero-order chi connectivity index (χ0) is 22.2. The predicted molar refractivity (Wildman–Crippen MR) is 127 cm³/mol. The van der Waals surface area contributed by atoms with E-state index in [0.717, 1.165) is 22.4 Å². The molecular weight excluding hydrogens is 398 g/mol. The lowest BCUT2D eigenvalue weighted by Crippen LogP contribution is -2.31. The lowest BCUT2D eigenvalue weighted by molar-refractivity contribution is -0.119. The number of likely N-dealkylation sites (N-methyl/N-ethyl adjacent to an activating group) is 1. The van der Waals surface area contributed by atoms with Crippen molar-refractivity contribution in [2.24, 2.45) is 0 Å². The van der Waals surface area contributed by atoms with E-state index in [-0.39, 0.29) is 17.4 Å². The average Bonchev–Trinajstić information content (AvgIpc) is 3.07. The molecule has 4 aromatic rings. The number of anilines is 1. The summed E-state index contributed by atoms with van der Waals surface area (Å²) in [6.07, 6.45) is 0.388. The van der Waals surface area contributed by atoms with Gasteiger partial charge in [-0.15, -0.1) is 0 Å². The SMILES string of the molecule is CCN1C(=O)C(Cc2nc3ccccc3c(=O)n2Cc2ccccc2)c2cc(C)ccc21. The molecule has 5 rings (SSSR count). The molecule has 1 aliphatic rings. The number of rotatable bonds is 5. The highest BCUT2D eigenvalue weighted by molar-refractivity contribution is 6.05. The molecule has 5 nitrogen and oxygen atoms in total. The summed E-state index contributed by atoms with van der Waals surface area (Å²) in [7, 11) is 0. The minimum atomic E-state index is -0.347. The summed E-state index contributed by atoms with van der Waals surface area (Å²) in [5.74, 6) is 0.364. The summed E-state index contributed by atoms with van der Waals surface area (Å²) in [6, 6.07) is 23.5. The molecule has 0 saturated heterocycles. The topological polar surface area (TPSA) is 55.2 Å². The number of fused-ring (bicyclic) bond motifs is 2. The molecule has 5 heteroatoms. The van der Waals surface area contributed by atoms with E-state index < -0.39 is 0 Å². The molecule has 1 atom stereocenters. The molecule has 1 unspecified atom stereocenters. The number of benzene rings is 3. The first kappa shape index (κ1) is 20.2. The fourth-order valence-corrected chi connectivity index (χ4v) is 4.64. The Bertz CT molecular complexity index is 1380. The second-order valence-corrected chi connectivity index (χ2v) is 8.32. The maximum Gasteiger partial charge on any atom is 0.261 e. The van der Waals surface area contributed by atoms with Gasteiger partial charge >= 0.3 is 0 Å². The Hall–Kier alpha value is -3.73. The molecule has 0 aliphatic carbocycles. The maximum atomic E-state index is 13.5. The second kappa shape index (κ2) is 8.08. The van der Waals surface area contributed by atoms with Gasteiger partial charge in [-0.05, 0) is 43.2 Å². The van der Waals surface area contributed by atoms with E-state index in [0.29, 0.717) is 36.2 Å². The standard InChI is InChI=1S/C27H25N3O2/c1-3-29-24-14-13-18(2)15-21(24)22(27(29)32)16-25-28-23-12-8-7-11-20(23)26(31)30(25)17-19-9-5-4-6-10-19/h4-15,22H,3,16-17H2,1-2H3. The number of amides is 1. The van der Waals surface area contributed by atoms with E-state index in [9.17, 15) is 9.59 Å². The van der Waals surface area contributed by atoms with Crippen LogP contribution in [0.1, 0.15) is 35.4 Å². The van der Waals surface area contributed by atoms with Crippen molar-refractivity contribution in [1.29, 1.82) is 0 Å². The maximum absolute atomic E-state index is 13.5.